The van der Waals surface area contributed by atoms with Crippen LogP contribution in [0.5, 0.6) is 0 Å². The molecule has 0 aliphatic rings. The van der Waals surface area contributed by atoms with Crippen molar-refractivity contribution in [3.63, 3.8) is 0 Å². The number of hydrazine groups is 1. The highest BCUT2D eigenvalue weighted by Gasteiger charge is 2.15. The first-order chi connectivity index (χ1) is 9.55. The lowest BCUT2D eigenvalue weighted by molar-refractivity contribution is 0.493. The summed E-state index contributed by atoms with van der Waals surface area (Å²) in [5, 5.41) is 4.36. The summed E-state index contributed by atoms with van der Waals surface area (Å²) in [7, 11) is 1.85. The molecule has 3 N–H and O–H groups in total. The van der Waals surface area contributed by atoms with E-state index in [0.29, 0.717) is 12.0 Å². The van der Waals surface area contributed by atoms with E-state index >= 15 is 0 Å². The molecule has 0 aliphatic carbocycles. The van der Waals surface area contributed by atoms with Crippen molar-refractivity contribution in [1.29, 1.82) is 0 Å². The van der Waals surface area contributed by atoms with Crippen molar-refractivity contribution in [2.75, 3.05) is 0 Å². The van der Waals surface area contributed by atoms with Crippen LogP contribution >= 0.6 is 0 Å². The minimum absolute atomic E-state index is 0.301. The molecule has 1 aromatic carbocycles. The van der Waals surface area contributed by atoms with E-state index in [1.165, 1.54) is 6.07 Å². The van der Waals surface area contributed by atoms with E-state index in [1.54, 1.807) is 4.68 Å². The van der Waals surface area contributed by atoms with E-state index < -0.39 is 11.6 Å². The van der Waals surface area contributed by atoms with Gasteiger partial charge in [-0.3, -0.25) is 16.0 Å². The molecule has 0 amide bonds. The highest BCUT2D eigenvalue weighted by Crippen LogP contribution is 2.20. The fourth-order valence-electron chi connectivity index (χ4n) is 2.15. The smallest absolute Gasteiger partial charge is 0.159 e. The van der Waals surface area contributed by atoms with Crippen molar-refractivity contribution in [1.82, 2.24) is 15.2 Å². The maximum Gasteiger partial charge on any atom is 0.159 e. The third-order valence-electron chi connectivity index (χ3n) is 3.35. The van der Waals surface area contributed by atoms with Crippen LogP contribution in [0.15, 0.2) is 24.3 Å². The lowest BCUT2D eigenvalue weighted by Crippen LogP contribution is -2.30. The second-order valence-electron chi connectivity index (χ2n) is 4.70. The third kappa shape index (κ3) is 3.02. The van der Waals surface area contributed by atoms with Crippen LogP contribution < -0.4 is 11.3 Å². The van der Waals surface area contributed by atoms with E-state index in [4.69, 9.17) is 5.84 Å². The largest absolute Gasteiger partial charge is 0.272 e. The monoisotopic (exact) mass is 280 g/mol. The van der Waals surface area contributed by atoms with Crippen LogP contribution in [0.2, 0.25) is 0 Å². The van der Waals surface area contributed by atoms with E-state index in [0.717, 1.165) is 29.9 Å². The molecule has 1 aromatic heterocycles. The molecule has 20 heavy (non-hydrogen) atoms. The van der Waals surface area contributed by atoms with Gasteiger partial charge in [-0.1, -0.05) is 13.0 Å². The molecular weight excluding hydrogens is 262 g/mol. The molecule has 4 nitrogen and oxygen atoms in total. The summed E-state index contributed by atoms with van der Waals surface area (Å²) in [6.07, 6.45) is 1.39. The number of aromatic nitrogens is 2. The van der Waals surface area contributed by atoms with Gasteiger partial charge in [-0.2, -0.15) is 5.10 Å². The summed E-state index contributed by atoms with van der Waals surface area (Å²) < 4.78 is 28.0. The molecule has 0 bridgehead atoms. The first-order valence-electron chi connectivity index (χ1n) is 6.48. The van der Waals surface area contributed by atoms with Crippen LogP contribution in [0.25, 0.3) is 0 Å². The average Bonchev–Trinajstić information content (AvgIpc) is 2.80. The Morgan fingerprint density at radius 3 is 2.60 bits per heavy atom. The molecule has 1 unspecified atom stereocenters. The summed E-state index contributed by atoms with van der Waals surface area (Å²) >= 11 is 0. The standard InChI is InChI=1S/C14H18F2N4/c1-3-10-7-11(20(2)19-10)8-14(18-17)9-4-5-12(15)13(16)6-9/h4-7,14,18H,3,8,17H2,1-2H3. The number of aryl methyl sites for hydroxylation is 2. The maximum atomic E-state index is 13.3. The average molecular weight is 280 g/mol. The van der Waals surface area contributed by atoms with Gasteiger partial charge >= 0.3 is 0 Å². The number of benzene rings is 1. The van der Waals surface area contributed by atoms with Crippen LogP contribution in [0.3, 0.4) is 0 Å². The maximum absolute atomic E-state index is 13.3. The zero-order valence-corrected chi connectivity index (χ0v) is 11.5. The minimum Gasteiger partial charge on any atom is -0.272 e. The van der Waals surface area contributed by atoms with Crippen LogP contribution in [0, 0.1) is 11.6 Å². The van der Waals surface area contributed by atoms with Crippen molar-refractivity contribution in [2.45, 2.75) is 25.8 Å². The zero-order chi connectivity index (χ0) is 14.7. The summed E-state index contributed by atoms with van der Waals surface area (Å²) in [5.41, 5.74) is 5.21. The van der Waals surface area contributed by atoms with Gasteiger partial charge in [0.15, 0.2) is 11.6 Å². The second kappa shape index (κ2) is 6.11. The van der Waals surface area contributed by atoms with Crippen molar-refractivity contribution in [2.24, 2.45) is 12.9 Å². The Hall–Kier alpha value is -1.79. The number of nitrogens with two attached hydrogens (primary N) is 1. The molecule has 0 saturated carbocycles. The van der Waals surface area contributed by atoms with Crippen LogP contribution in [-0.4, -0.2) is 9.78 Å². The lowest BCUT2D eigenvalue weighted by Gasteiger charge is -2.16. The molecule has 0 spiro atoms. The number of rotatable bonds is 5. The Bertz CT molecular complexity index is 595. The van der Waals surface area contributed by atoms with Gasteiger partial charge in [-0.25, -0.2) is 8.78 Å². The number of hydrogen-bond donors (Lipinski definition) is 2. The van der Waals surface area contributed by atoms with Crippen molar-refractivity contribution in [3.05, 3.63) is 52.9 Å². The van der Waals surface area contributed by atoms with Gasteiger partial charge in [-0.05, 0) is 30.2 Å². The normalized spacial score (nSPS) is 12.7. The summed E-state index contributed by atoms with van der Waals surface area (Å²) in [6, 6.07) is 5.49. The number of hydrogen-bond acceptors (Lipinski definition) is 3. The molecular formula is C14H18F2N4. The Morgan fingerprint density at radius 2 is 2.05 bits per heavy atom. The Morgan fingerprint density at radius 1 is 1.30 bits per heavy atom. The lowest BCUT2D eigenvalue weighted by atomic mass is 10.0. The van der Waals surface area contributed by atoms with Crippen LogP contribution in [-0.2, 0) is 19.9 Å². The summed E-state index contributed by atoms with van der Waals surface area (Å²) in [4.78, 5) is 0. The zero-order valence-electron chi connectivity index (χ0n) is 11.5. The van der Waals surface area contributed by atoms with Gasteiger partial charge in [-0.15, -0.1) is 0 Å². The van der Waals surface area contributed by atoms with Gasteiger partial charge in [0.25, 0.3) is 0 Å². The Balaban J connectivity index is 2.23. The van der Waals surface area contributed by atoms with E-state index in [2.05, 4.69) is 10.5 Å². The summed E-state index contributed by atoms with van der Waals surface area (Å²) in [6.45, 7) is 2.03. The van der Waals surface area contributed by atoms with Gasteiger partial charge in [0, 0.05) is 19.2 Å². The highest BCUT2D eigenvalue weighted by atomic mass is 19.2. The van der Waals surface area contributed by atoms with E-state index in [1.807, 2.05) is 20.0 Å². The molecule has 6 heteroatoms. The predicted octanol–water partition coefficient (Wildman–Crippen LogP) is 2.01. The molecule has 0 saturated heterocycles. The molecule has 1 atom stereocenters. The van der Waals surface area contributed by atoms with Crippen LogP contribution in [0.4, 0.5) is 8.78 Å². The summed E-state index contributed by atoms with van der Waals surface area (Å²) in [5.74, 6) is 3.80. The molecule has 0 radical (unpaired) electrons. The molecule has 2 aromatic rings. The van der Waals surface area contributed by atoms with Gasteiger partial charge < -0.3 is 0 Å². The van der Waals surface area contributed by atoms with Gasteiger partial charge in [0.1, 0.15) is 0 Å². The molecule has 108 valence electrons. The van der Waals surface area contributed by atoms with Crippen molar-refractivity contribution in [3.8, 4) is 0 Å². The second-order valence-corrected chi connectivity index (χ2v) is 4.70. The van der Waals surface area contributed by atoms with Crippen molar-refractivity contribution >= 4 is 0 Å². The number of nitrogens with zero attached hydrogens (tertiary/aromatic N) is 2. The van der Waals surface area contributed by atoms with Gasteiger partial charge in [0.05, 0.1) is 11.7 Å². The van der Waals surface area contributed by atoms with Crippen molar-refractivity contribution < 1.29 is 8.78 Å². The van der Waals surface area contributed by atoms with Gasteiger partial charge in [0.2, 0.25) is 0 Å². The quantitative estimate of drug-likeness (QED) is 0.650. The van der Waals surface area contributed by atoms with E-state index in [-0.39, 0.29) is 6.04 Å². The molecule has 0 fully saturated rings. The molecule has 0 aliphatic heterocycles. The predicted molar refractivity (Wildman–Crippen MR) is 72.7 cm³/mol. The third-order valence-corrected chi connectivity index (χ3v) is 3.35. The molecule has 1 heterocycles. The first kappa shape index (κ1) is 14.6. The topological polar surface area (TPSA) is 55.9 Å². The highest BCUT2D eigenvalue weighted by molar-refractivity contribution is 5.23. The SMILES string of the molecule is CCc1cc(CC(NN)c2ccc(F)c(F)c2)n(C)n1. The van der Waals surface area contributed by atoms with E-state index in [9.17, 15) is 8.78 Å². The minimum atomic E-state index is -0.873. The number of halogens is 2. The Labute approximate surface area is 116 Å². The molecule has 2 rings (SSSR count). The Kier molecular flexibility index (Phi) is 4.46. The first-order valence-corrected chi connectivity index (χ1v) is 6.48. The fourth-order valence-corrected chi connectivity index (χ4v) is 2.15. The number of nitrogens with one attached hydrogen (secondary N) is 1. The fraction of sp³-hybridized carbons (Fsp3) is 0.357. The van der Waals surface area contributed by atoms with Crippen LogP contribution in [0.1, 0.15) is 29.9 Å².